The molecule has 0 spiro atoms. The maximum Gasteiger partial charge on any atom is 0.265 e. The average molecular weight is 479 g/mol. The van der Waals surface area contributed by atoms with Crippen LogP contribution in [0.4, 0.5) is 0 Å². The number of hydrogen-bond donors (Lipinski definition) is 2. The van der Waals surface area contributed by atoms with Gasteiger partial charge < -0.3 is 24.7 Å². The highest BCUT2D eigenvalue weighted by atomic mass is 16.5. The molecule has 8 heteroatoms. The van der Waals surface area contributed by atoms with Gasteiger partial charge in [-0.1, -0.05) is 38.1 Å². The van der Waals surface area contributed by atoms with Crippen LogP contribution in [-0.4, -0.2) is 44.9 Å². The number of carbonyl (C=O) groups is 2. The molecule has 8 nitrogen and oxygen atoms in total. The fraction of sp³-hybridized carbons (Fsp3) is 0.444. The highest BCUT2D eigenvalue weighted by Gasteiger charge is 2.44. The number of para-hydroxylation sites is 3. The molecule has 2 unspecified atom stereocenters. The zero-order valence-electron chi connectivity index (χ0n) is 21.2. The molecule has 0 saturated carbocycles. The van der Waals surface area contributed by atoms with E-state index < -0.39 is 17.7 Å². The Bertz CT molecular complexity index is 1190. The molecule has 1 aliphatic rings. The van der Waals surface area contributed by atoms with E-state index in [1.807, 2.05) is 77.9 Å². The van der Waals surface area contributed by atoms with E-state index in [1.165, 1.54) is 0 Å². The highest BCUT2D eigenvalue weighted by Crippen LogP contribution is 2.42. The van der Waals surface area contributed by atoms with Gasteiger partial charge >= 0.3 is 0 Å². The molecule has 186 valence electrons. The van der Waals surface area contributed by atoms with E-state index in [0.717, 1.165) is 11.0 Å². The third kappa shape index (κ3) is 5.11. The van der Waals surface area contributed by atoms with Crippen molar-refractivity contribution in [2.45, 2.75) is 65.8 Å². The number of hydrogen-bond acceptors (Lipinski definition) is 5. The first-order chi connectivity index (χ1) is 16.6. The van der Waals surface area contributed by atoms with Crippen LogP contribution in [-0.2, 0) is 16.1 Å². The number of carbonyl (C=O) groups excluding carboxylic acids is 2. The fourth-order valence-corrected chi connectivity index (χ4v) is 4.33. The summed E-state index contributed by atoms with van der Waals surface area (Å²) >= 11 is 0. The first-order valence-corrected chi connectivity index (χ1v) is 12.1. The van der Waals surface area contributed by atoms with Crippen LogP contribution in [0.1, 0.15) is 59.0 Å². The zero-order valence-corrected chi connectivity index (χ0v) is 21.2. The summed E-state index contributed by atoms with van der Waals surface area (Å²) in [6.07, 6.45) is -0.785. The summed E-state index contributed by atoms with van der Waals surface area (Å²) in [5, 5.41) is 3.06. The van der Waals surface area contributed by atoms with Gasteiger partial charge in [-0.2, -0.15) is 0 Å². The van der Waals surface area contributed by atoms with Gasteiger partial charge in [0.1, 0.15) is 11.9 Å². The van der Waals surface area contributed by atoms with E-state index >= 15 is 0 Å². The van der Waals surface area contributed by atoms with Gasteiger partial charge in [0, 0.05) is 11.1 Å². The van der Waals surface area contributed by atoms with Gasteiger partial charge in [-0.3, -0.25) is 9.59 Å². The number of H-pyrrole nitrogens is 1. The van der Waals surface area contributed by atoms with Crippen LogP contribution in [0.15, 0.2) is 42.5 Å². The second-order valence-corrected chi connectivity index (χ2v) is 10.2. The minimum Gasteiger partial charge on any atom is -0.490 e. The Morgan fingerprint density at radius 3 is 2.60 bits per heavy atom. The molecular formula is C27H34N4O4. The smallest absolute Gasteiger partial charge is 0.265 e. The lowest BCUT2D eigenvalue weighted by Crippen LogP contribution is -2.51. The van der Waals surface area contributed by atoms with Crippen LogP contribution in [0, 0.1) is 5.92 Å². The van der Waals surface area contributed by atoms with Crippen LogP contribution in [0.5, 0.6) is 11.5 Å². The first kappa shape index (κ1) is 24.6. The maximum absolute atomic E-state index is 14.0. The molecule has 0 bridgehead atoms. The third-order valence-electron chi connectivity index (χ3n) is 5.80. The Morgan fingerprint density at radius 2 is 1.94 bits per heavy atom. The van der Waals surface area contributed by atoms with Gasteiger partial charge in [-0.05, 0) is 51.8 Å². The molecule has 2 N–H and O–H groups in total. The number of ether oxygens (including phenoxy) is 2. The normalized spacial score (nSPS) is 18.3. The molecule has 2 heterocycles. The number of aromatic nitrogens is 2. The summed E-state index contributed by atoms with van der Waals surface area (Å²) in [6.45, 7) is 12.1. The van der Waals surface area contributed by atoms with E-state index in [2.05, 4.69) is 15.3 Å². The van der Waals surface area contributed by atoms with Crippen molar-refractivity contribution in [2.75, 3.05) is 6.61 Å². The van der Waals surface area contributed by atoms with Crippen molar-refractivity contribution in [2.24, 2.45) is 5.92 Å². The summed E-state index contributed by atoms with van der Waals surface area (Å²) < 4.78 is 12.2. The third-order valence-corrected chi connectivity index (χ3v) is 5.80. The van der Waals surface area contributed by atoms with Crippen molar-refractivity contribution in [3.05, 3.63) is 53.9 Å². The van der Waals surface area contributed by atoms with Crippen molar-refractivity contribution >= 4 is 22.8 Å². The minimum atomic E-state index is -0.922. The fourth-order valence-electron chi connectivity index (χ4n) is 4.33. The molecule has 2 atom stereocenters. The Balaban J connectivity index is 1.87. The van der Waals surface area contributed by atoms with Gasteiger partial charge in [-0.15, -0.1) is 0 Å². The quantitative estimate of drug-likeness (QED) is 0.549. The summed E-state index contributed by atoms with van der Waals surface area (Å²) in [7, 11) is 0. The van der Waals surface area contributed by atoms with E-state index in [4.69, 9.17) is 9.47 Å². The minimum absolute atomic E-state index is 0.126. The predicted molar refractivity (Wildman–Crippen MR) is 134 cm³/mol. The van der Waals surface area contributed by atoms with Crippen LogP contribution in [0.25, 0.3) is 11.0 Å². The molecule has 0 saturated heterocycles. The molecule has 0 aliphatic carbocycles. The number of fused-ring (bicyclic) bond motifs is 2. The van der Waals surface area contributed by atoms with Crippen molar-refractivity contribution in [1.82, 2.24) is 20.2 Å². The van der Waals surface area contributed by atoms with E-state index in [9.17, 15) is 9.59 Å². The van der Waals surface area contributed by atoms with Crippen LogP contribution in [0.3, 0.4) is 0 Å². The molecular weight excluding hydrogens is 444 g/mol. The number of nitrogens with one attached hydrogen (secondary N) is 2. The Labute approximate surface area is 206 Å². The molecule has 0 fully saturated rings. The molecule has 3 aromatic rings. The molecule has 4 rings (SSSR count). The number of amides is 2. The zero-order chi connectivity index (χ0) is 25.3. The number of imidazole rings is 1. The van der Waals surface area contributed by atoms with Gasteiger partial charge in [0.05, 0.1) is 24.2 Å². The average Bonchev–Trinajstić information content (AvgIpc) is 3.13. The molecule has 0 radical (unpaired) electrons. The Hall–Kier alpha value is -3.55. The number of aromatic amines is 1. The Kier molecular flexibility index (Phi) is 6.74. The van der Waals surface area contributed by atoms with Crippen LogP contribution in [0.2, 0.25) is 0 Å². The molecule has 35 heavy (non-hydrogen) atoms. The van der Waals surface area contributed by atoms with Gasteiger partial charge in [-0.25, -0.2) is 4.98 Å². The summed E-state index contributed by atoms with van der Waals surface area (Å²) in [6, 6.07) is 12.2. The topological polar surface area (TPSA) is 96.6 Å². The highest BCUT2D eigenvalue weighted by molar-refractivity contribution is 5.92. The van der Waals surface area contributed by atoms with E-state index in [-0.39, 0.29) is 24.3 Å². The van der Waals surface area contributed by atoms with E-state index in [0.29, 0.717) is 29.5 Å². The van der Waals surface area contributed by atoms with Gasteiger partial charge in [0.2, 0.25) is 5.91 Å². The molecule has 2 aromatic carbocycles. The summed E-state index contributed by atoms with van der Waals surface area (Å²) in [5.41, 5.74) is 1.77. The summed E-state index contributed by atoms with van der Waals surface area (Å²) in [5.74, 6) is 0.857. The number of nitrogens with zero attached hydrogens (tertiary/aromatic N) is 2. The van der Waals surface area contributed by atoms with Crippen molar-refractivity contribution in [3.8, 4) is 11.5 Å². The van der Waals surface area contributed by atoms with E-state index in [1.54, 1.807) is 11.0 Å². The van der Waals surface area contributed by atoms with Crippen molar-refractivity contribution < 1.29 is 19.1 Å². The predicted octanol–water partition coefficient (Wildman–Crippen LogP) is 4.36. The van der Waals surface area contributed by atoms with Gasteiger partial charge in [0.25, 0.3) is 5.91 Å². The second-order valence-electron chi connectivity index (χ2n) is 10.2. The van der Waals surface area contributed by atoms with Crippen LogP contribution < -0.4 is 14.8 Å². The summed E-state index contributed by atoms with van der Waals surface area (Å²) in [4.78, 5) is 37.3. The molecule has 2 amide bonds. The number of rotatable bonds is 6. The standard InChI is InChI=1S/C27H34N4O4/c1-7-34-20-14-10-11-17-22(25(32)30-27(4,5)6)31(26(33)23(16(2)3)35-24(17)20)15-21-28-18-12-8-9-13-19(18)29-21/h8-14,16,22-23H,7,15H2,1-6H3,(H,28,29)(H,30,32). The largest absolute Gasteiger partial charge is 0.490 e. The lowest BCUT2D eigenvalue weighted by Gasteiger charge is -2.32. The molecule has 1 aliphatic heterocycles. The maximum atomic E-state index is 14.0. The van der Waals surface area contributed by atoms with Crippen molar-refractivity contribution in [3.63, 3.8) is 0 Å². The van der Waals surface area contributed by atoms with Gasteiger partial charge in [0.15, 0.2) is 17.6 Å². The lowest BCUT2D eigenvalue weighted by molar-refractivity contribution is -0.147. The lowest BCUT2D eigenvalue weighted by atomic mass is 10.00. The monoisotopic (exact) mass is 478 g/mol. The first-order valence-electron chi connectivity index (χ1n) is 12.1. The Morgan fingerprint density at radius 1 is 1.20 bits per heavy atom. The SMILES string of the molecule is CCOc1cccc2c1OC(C(C)C)C(=O)N(Cc1nc3ccccc3[nH]1)C2C(=O)NC(C)(C)C. The number of benzene rings is 2. The second kappa shape index (κ2) is 9.60. The molecule has 1 aromatic heterocycles. The van der Waals surface area contributed by atoms with Crippen LogP contribution >= 0.6 is 0 Å². The van der Waals surface area contributed by atoms with Crippen molar-refractivity contribution in [1.29, 1.82) is 0 Å².